The monoisotopic (exact) mass is 427 g/mol. The van der Waals surface area contributed by atoms with E-state index in [0.29, 0.717) is 34.7 Å². The highest BCUT2D eigenvalue weighted by molar-refractivity contribution is 5.49. The van der Waals surface area contributed by atoms with Gasteiger partial charge in [0.1, 0.15) is 5.72 Å². The van der Waals surface area contributed by atoms with Crippen LogP contribution in [0.4, 0.5) is 0 Å². The predicted molar refractivity (Wildman–Crippen MR) is 123 cm³/mol. The number of fused-ring (bicyclic) bond motifs is 7. The lowest BCUT2D eigenvalue weighted by atomic mass is 9.44. The van der Waals surface area contributed by atoms with Gasteiger partial charge in [0.25, 0.3) is 0 Å². The minimum Gasteiger partial charge on any atom is -0.352 e. The van der Waals surface area contributed by atoms with E-state index in [-0.39, 0.29) is 5.72 Å². The van der Waals surface area contributed by atoms with Gasteiger partial charge in [0, 0.05) is 12.5 Å². The molecule has 3 heteroatoms. The van der Waals surface area contributed by atoms with E-state index in [1.54, 1.807) is 0 Å². The molecule has 31 heavy (non-hydrogen) atoms. The highest BCUT2D eigenvalue weighted by Gasteiger charge is 2.69. The molecule has 6 fully saturated rings. The van der Waals surface area contributed by atoms with E-state index in [1.165, 1.54) is 64.2 Å². The Balaban J connectivity index is 1.29. The van der Waals surface area contributed by atoms with E-state index < -0.39 is 0 Å². The summed E-state index contributed by atoms with van der Waals surface area (Å²) in [4.78, 5) is 14.2. The van der Waals surface area contributed by atoms with Crippen LogP contribution in [-0.2, 0) is 9.53 Å². The Morgan fingerprint density at radius 2 is 1.74 bits per heavy atom. The molecule has 0 aromatic carbocycles. The summed E-state index contributed by atoms with van der Waals surface area (Å²) >= 11 is 0. The van der Waals surface area contributed by atoms with Crippen LogP contribution in [0, 0.1) is 52.3 Å². The fraction of sp³-hybridized carbons (Fsp3) is 0.964. The Morgan fingerprint density at radius 1 is 0.903 bits per heavy atom. The molecule has 4 saturated carbocycles. The zero-order chi connectivity index (χ0) is 21.6. The van der Waals surface area contributed by atoms with E-state index >= 15 is 0 Å². The van der Waals surface area contributed by atoms with Crippen molar-refractivity contribution in [2.45, 2.75) is 110 Å². The van der Waals surface area contributed by atoms with Gasteiger partial charge in [0.05, 0.1) is 6.10 Å². The van der Waals surface area contributed by atoms with E-state index in [2.05, 4.69) is 32.6 Å². The van der Waals surface area contributed by atoms with Crippen molar-refractivity contribution in [1.29, 1.82) is 0 Å². The standard InChI is InChI=1S/C28H45NO2/c1-18-10-14-28(29(16-18)17-30)19(2)25-24(31-28)15-23-21-9-8-20-7-5-6-12-26(20,3)22(21)11-13-27(23,25)4/h17-25H,5-16H2,1-4H3/t18-,19-,20?,21?,22?,23?,24?,25?,26-,27-,28-/m0/s1. The first-order chi connectivity index (χ1) is 14.8. The molecule has 3 nitrogen and oxygen atoms in total. The summed E-state index contributed by atoms with van der Waals surface area (Å²) in [5.41, 5.74) is 0.702. The van der Waals surface area contributed by atoms with Gasteiger partial charge in [-0.3, -0.25) is 4.79 Å². The summed E-state index contributed by atoms with van der Waals surface area (Å²) in [6, 6.07) is 0. The molecule has 2 heterocycles. The number of carbonyl (C=O) groups excluding carboxylic acids is 1. The summed E-state index contributed by atoms with van der Waals surface area (Å²) in [5.74, 6) is 5.40. The molecule has 174 valence electrons. The predicted octanol–water partition coefficient (Wildman–Crippen LogP) is 6.26. The molecule has 2 aliphatic heterocycles. The molecule has 11 atom stereocenters. The molecule has 6 aliphatic rings. The highest BCUT2D eigenvalue weighted by atomic mass is 16.5. The number of likely N-dealkylation sites (tertiary alicyclic amines) is 1. The van der Waals surface area contributed by atoms with Crippen LogP contribution in [0.15, 0.2) is 0 Å². The maximum absolute atomic E-state index is 12.1. The molecule has 6 rings (SSSR count). The zero-order valence-corrected chi connectivity index (χ0v) is 20.4. The van der Waals surface area contributed by atoms with Crippen LogP contribution in [0.1, 0.15) is 98.3 Å². The van der Waals surface area contributed by atoms with Crippen LogP contribution in [0.3, 0.4) is 0 Å². The second kappa shape index (κ2) is 6.97. The van der Waals surface area contributed by atoms with Gasteiger partial charge in [0.2, 0.25) is 6.41 Å². The lowest BCUT2D eigenvalue weighted by molar-refractivity contribution is -0.194. The smallest absolute Gasteiger partial charge is 0.211 e. The molecule has 4 aliphatic carbocycles. The van der Waals surface area contributed by atoms with Crippen LogP contribution in [0.25, 0.3) is 0 Å². The summed E-state index contributed by atoms with van der Waals surface area (Å²) in [6.07, 6.45) is 16.7. The molecule has 6 unspecified atom stereocenters. The van der Waals surface area contributed by atoms with E-state index in [0.717, 1.165) is 43.0 Å². The molecule has 0 aromatic heterocycles. The lowest BCUT2D eigenvalue weighted by Gasteiger charge is -2.61. The van der Waals surface area contributed by atoms with Crippen molar-refractivity contribution in [1.82, 2.24) is 4.90 Å². The topological polar surface area (TPSA) is 29.5 Å². The van der Waals surface area contributed by atoms with Crippen molar-refractivity contribution in [3.05, 3.63) is 0 Å². The fourth-order valence-electron chi connectivity index (χ4n) is 10.9. The first kappa shape index (κ1) is 21.0. The van der Waals surface area contributed by atoms with Gasteiger partial charge in [0.15, 0.2) is 0 Å². The van der Waals surface area contributed by atoms with Crippen molar-refractivity contribution < 1.29 is 9.53 Å². The first-order valence-corrected chi connectivity index (χ1v) is 13.7. The van der Waals surface area contributed by atoms with Gasteiger partial charge in [-0.2, -0.15) is 0 Å². The third kappa shape index (κ3) is 2.65. The van der Waals surface area contributed by atoms with Crippen LogP contribution >= 0.6 is 0 Å². The van der Waals surface area contributed by atoms with Gasteiger partial charge in [-0.05, 0) is 104 Å². The number of ether oxygens (including phenoxy) is 1. The Bertz CT molecular complexity index is 739. The molecule has 0 bridgehead atoms. The van der Waals surface area contributed by atoms with Gasteiger partial charge in [-0.25, -0.2) is 0 Å². The second-order valence-electron chi connectivity index (χ2n) is 13.4. The van der Waals surface area contributed by atoms with Crippen molar-refractivity contribution >= 4 is 6.41 Å². The lowest BCUT2D eigenvalue weighted by Crippen LogP contribution is -2.58. The van der Waals surface area contributed by atoms with Gasteiger partial charge in [-0.1, -0.05) is 40.5 Å². The summed E-state index contributed by atoms with van der Waals surface area (Å²) in [7, 11) is 0. The quantitative estimate of drug-likeness (QED) is 0.462. The van der Waals surface area contributed by atoms with Gasteiger partial charge < -0.3 is 9.64 Å². The fourth-order valence-corrected chi connectivity index (χ4v) is 10.9. The molecular weight excluding hydrogens is 382 g/mol. The van der Waals surface area contributed by atoms with Crippen LogP contribution in [0.5, 0.6) is 0 Å². The molecule has 2 saturated heterocycles. The third-order valence-corrected chi connectivity index (χ3v) is 12.4. The summed E-state index contributed by atoms with van der Waals surface area (Å²) in [6.45, 7) is 10.9. The molecule has 1 spiro atoms. The number of nitrogens with zero attached hydrogens (tertiary/aromatic N) is 1. The Kier molecular flexibility index (Phi) is 4.72. The maximum Gasteiger partial charge on any atom is 0.211 e. The number of hydrogen-bond donors (Lipinski definition) is 0. The molecule has 0 aromatic rings. The van der Waals surface area contributed by atoms with E-state index in [9.17, 15) is 4.79 Å². The van der Waals surface area contributed by atoms with Crippen LogP contribution < -0.4 is 0 Å². The third-order valence-electron chi connectivity index (χ3n) is 12.4. The largest absolute Gasteiger partial charge is 0.352 e. The summed E-state index contributed by atoms with van der Waals surface area (Å²) < 4.78 is 7.04. The number of hydrogen-bond acceptors (Lipinski definition) is 2. The molecule has 1 amide bonds. The SMILES string of the molecule is C[C@H]1CC[C@@]2(OC3CC4C5CCC6CCCC[C@]6(C)C5CC[C@]4(C)C3[C@@H]2C)N(C=O)C1. The number of piperidine rings is 1. The number of amides is 1. The maximum atomic E-state index is 12.1. The molecular formula is C28H45NO2. The van der Waals surface area contributed by atoms with Crippen molar-refractivity contribution in [3.63, 3.8) is 0 Å². The second-order valence-corrected chi connectivity index (χ2v) is 13.4. The number of carbonyl (C=O) groups is 1. The van der Waals surface area contributed by atoms with E-state index in [1.807, 2.05) is 0 Å². The average Bonchev–Trinajstić information content (AvgIpc) is 3.20. The van der Waals surface area contributed by atoms with Crippen molar-refractivity contribution in [2.24, 2.45) is 52.3 Å². The zero-order valence-electron chi connectivity index (χ0n) is 20.4. The summed E-state index contributed by atoms with van der Waals surface area (Å²) in [5, 5.41) is 0. The Morgan fingerprint density at radius 3 is 2.55 bits per heavy atom. The van der Waals surface area contributed by atoms with Crippen molar-refractivity contribution in [3.8, 4) is 0 Å². The molecule has 0 radical (unpaired) electrons. The number of rotatable bonds is 1. The van der Waals surface area contributed by atoms with Gasteiger partial charge in [-0.15, -0.1) is 0 Å². The Hall–Kier alpha value is -0.570. The average molecular weight is 428 g/mol. The highest BCUT2D eigenvalue weighted by Crippen LogP contribution is 2.71. The minimum atomic E-state index is -0.318. The van der Waals surface area contributed by atoms with Crippen LogP contribution in [-0.4, -0.2) is 29.7 Å². The van der Waals surface area contributed by atoms with Gasteiger partial charge >= 0.3 is 0 Å². The van der Waals surface area contributed by atoms with Crippen molar-refractivity contribution in [2.75, 3.05) is 6.54 Å². The van der Waals surface area contributed by atoms with E-state index in [4.69, 9.17) is 4.74 Å². The first-order valence-electron chi connectivity index (χ1n) is 13.7. The Labute approximate surface area is 190 Å². The normalized spacial score (nSPS) is 58.4. The van der Waals surface area contributed by atoms with Crippen LogP contribution in [0.2, 0.25) is 0 Å². The molecule has 0 N–H and O–H groups in total. The minimum absolute atomic E-state index is 0.318.